The summed E-state index contributed by atoms with van der Waals surface area (Å²) in [5, 5.41) is 0.398. The SMILES string of the molecule is COc1ccc(CN(C(=O)OC(C)(C)C)c2ncc(-c3ncccc3F)s2)cc1. The molecule has 0 atom stereocenters. The Bertz CT molecular complexity index is 983. The maximum atomic E-state index is 14.1. The van der Waals surface area contributed by atoms with Gasteiger partial charge in [0.1, 0.15) is 22.9 Å². The second-order valence-electron chi connectivity index (χ2n) is 7.26. The van der Waals surface area contributed by atoms with Crippen molar-refractivity contribution < 1.29 is 18.7 Å². The van der Waals surface area contributed by atoms with Crippen molar-refractivity contribution >= 4 is 22.6 Å². The smallest absolute Gasteiger partial charge is 0.416 e. The van der Waals surface area contributed by atoms with Crippen molar-refractivity contribution in [2.75, 3.05) is 12.0 Å². The third-order valence-electron chi connectivity index (χ3n) is 3.83. The number of rotatable bonds is 5. The zero-order chi connectivity index (χ0) is 21.0. The van der Waals surface area contributed by atoms with Crippen LogP contribution in [0.2, 0.25) is 0 Å². The van der Waals surface area contributed by atoms with Crippen LogP contribution in [0, 0.1) is 5.82 Å². The van der Waals surface area contributed by atoms with E-state index in [9.17, 15) is 9.18 Å². The van der Waals surface area contributed by atoms with Crippen LogP contribution in [-0.4, -0.2) is 28.8 Å². The highest BCUT2D eigenvalue weighted by Crippen LogP contribution is 2.33. The van der Waals surface area contributed by atoms with E-state index in [-0.39, 0.29) is 12.2 Å². The number of carbonyl (C=O) groups excluding carboxylic acids is 1. The van der Waals surface area contributed by atoms with Gasteiger partial charge < -0.3 is 9.47 Å². The number of carbonyl (C=O) groups is 1. The lowest BCUT2D eigenvalue weighted by Crippen LogP contribution is -2.36. The van der Waals surface area contributed by atoms with Gasteiger partial charge in [0, 0.05) is 12.4 Å². The predicted molar refractivity (Wildman–Crippen MR) is 111 cm³/mol. The minimum Gasteiger partial charge on any atom is -0.497 e. The van der Waals surface area contributed by atoms with Gasteiger partial charge in [-0.1, -0.05) is 23.5 Å². The third kappa shape index (κ3) is 5.29. The molecule has 8 heteroatoms. The highest BCUT2D eigenvalue weighted by atomic mass is 32.1. The van der Waals surface area contributed by atoms with Crippen molar-refractivity contribution in [2.24, 2.45) is 0 Å². The summed E-state index contributed by atoms with van der Waals surface area (Å²) in [5.41, 5.74) is 0.407. The minimum atomic E-state index is -0.664. The number of benzene rings is 1. The lowest BCUT2D eigenvalue weighted by molar-refractivity contribution is 0.0577. The normalized spacial score (nSPS) is 11.2. The topological polar surface area (TPSA) is 64.5 Å². The van der Waals surface area contributed by atoms with Crippen LogP contribution in [0.5, 0.6) is 5.75 Å². The fourth-order valence-electron chi connectivity index (χ4n) is 2.51. The fraction of sp³-hybridized carbons (Fsp3) is 0.286. The van der Waals surface area contributed by atoms with Crippen LogP contribution < -0.4 is 9.64 Å². The quantitative estimate of drug-likeness (QED) is 0.566. The Kier molecular flexibility index (Phi) is 6.12. The Balaban J connectivity index is 1.92. The number of aromatic nitrogens is 2. The zero-order valence-electron chi connectivity index (χ0n) is 16.7. The number of anilines is 1. The van der Waals surface area contributed by atoms with Crippen LogP contribution >= 0.6 is 11.3 Å². The Morgan fingerprint density at radius 1 is 1.17 bits per heavy atom. The second-order valence-corrected chi connectivity index (χ2v) is 8.26. The number of nitrogens with zero attached hydrogens (tertiary/aromatic N) is 3. The third-order valence-corrected chi connectivity index (χ3v) is 4.86. The van der Waals surface area contributed by atoms with Gasteiger partial charge in [-0.15, -0.1) is 0 Å². The highest BCUT2D eigenvalue weighted by molar-refractivity contribution is 7.19. The molecule has 6 nitrogen and oxygen atoms in total. The van der Waals surface area contributed by atoms with Crippen LogP contribution in [0.15, 0.2) is 48.8 Å². The molecular weight excluding hydrogens is 393 g/mol. The number of halogens is 1. The molecule has 0 aliphatic carbocycles. The van der Waals surface area contributed by atoms with Gasteiger partial charge in [0.2, 0.25) is 0 Å². The molecule has 1 amide bonds. The van der Waals surface area contributed by atoms with Gasteiger partial charge in [0.05, 0.1) is 18.5 Å². The molecule has 0 saturated heterocycles. The first-order chi connectivity index (χ1) is 13.8. The number of methoxy groups -OCH3 is 1. The molecule has 0 radical (unpaired) electrons. The van der Waals surface area contributed by atoms with Crippen LogP contribution in [0.1, 0.15) is 26.3 Å². The summed E-state index contributed by atoms with van der Waals surface area (Å²) in [6.07, 6.45) is 2.49. The van der Waals surface area contributed by atoms with E-state index in [1.165, 1.54) is 40.8 Å². The van der Waals surface area contributed by atoms with Crippen molar-refractivity contribution in [3.63, 3.8) is 0 Å². The Hall–Kier alpha value is -3.00. The van der Waals surface area contributed by atoms with Crippen molar-refractivity contribution in [3.05, 3.63) is 60.2 Å². The molecule has 1 aromatic carbocycles. The first kappa shape index (κ1) is 20.7. The van der Waals surface area contributed by atoms with Crippen molar-refractivity contribution in [1.82, 2.24) is 9.97 Å². The van der Waals surface area contributed by atoms with Crippen LogP contribution in [0.3, 0.4) is 0 Å². The summed E-state index contributed by atoms with van der Waals surface area (Å²) in [6, 6.07) is 10.2. The molecule has 0 aliphatic rings. The van der Waals surface area contributed by atoms with E-state index in [0.717, 1.165) is 11.3 Å². The van der Waals surface area contributed by atoms with E-state index in [1.807, 2.05) is 24.3 Å². The van der Waals surface area contributed by atoms with Gasteiger partial charge >= 0.3 is 6.09 Å². The summed E-state index contributed by atoms with van der Waals surface area (Å²) >= 11 is 1.18. The number of hydrogen-bond donors (Lipinski definition) is 0. The molecule has 0 saturated carbocycles. The molecule has 3 rings (SSSR count). The molecule has 0 spiro atoms. The van der Waals surface area contributed by atoms with Gasteiger partial charge in [-0.2, -0.15) is 0 Å². The molecule has 152 valence electrons. The standard InChI is InChI=1S/C21H22FN3O3S/c1-21(2,3)28-20(26)25(13-14-7-9-15(27-4)10-8-14)19-24-12-17(29-19)18-16(22)6-5-11-23-18/h5-12H,13H2,1-4H3. The van der Waals surface area contributed by atoms with Crippen LogP contribution in [0.25, 0.3) is 10.6 Å². The molecule has 0 bridgehead atoms. The van der Waals surface area contributed by atoms with Crippen LogP contribution in [0.4, 0.5) is 14.3 Å². The largest absolute Gasteiger partial charge is 0.497 e. The lowest BCUT2D eigenvalue weighted by atomic mass is 10.2. The highest BCUT2D eigenvalue weighted by Gasteiger charge is 2.26. The van der Waals surface area contributed by atoms with Crippen molar-refractivity contribution in [1.29, 1.82) is 0 Å². The summed E-state index contributed by atoms with van der Waals surface area (Å²) in [6.45, 7) is 5.64. The lowest BCUT2D eigenvalue weighted by Gasteiger charge is -2.26. The molecule has 2 aromatic heterocycles. The molecule has 2 heterocycles. The summed E-state index contributed by atoms with van der Waals surface area (Å²) < 4.78 is 24.8. The van der Waals surface area contributed by atoms with Gasteiger partial charge in [-0.25, -0.2) is 19.1 Å². The van der Waals surface area contributed by atoms with Gasteiger partial charge in [0.25, 0.3) is 0 Å². The van der Waals surface area contributed by atoms with Gasteiger partial charge in [-0.05, 0) is 50.6 Å². The fourth-order valence-corrected chi connectivity index (χ4v) is 3.41. The summed E-state index contributed by atoms with van der Waals surface area (Å²) in [5.74, 6) is 0.279. The summed E-state index contributed by atoms with van der Waals surface area (Å²) in [7, 11) is 1.59. The first-order valence-corrected chi connectivity index (χ1v) is 9.78. The number of ether oxygens (including phenoxy) is 2. The maximum Gasteiger partial charge on any atom is 0.416 e. The Morgan fingerprint density at radius 3 is 2.52 bits per heavy atom. The molecule has 0 aliphatic heterocycles. The zero-order valence-corrected chi connectivity index (χ0v) is 17.5. The predicted octanol–water partition coefficient (Wildman–Crippen LogP) is 5.29. The monoisotopic (exact) mass is 415 g/mol. The molecular formula is C21H22FN3O3S. The average Bonchev–Trinajstić information content (AvgIpc) is 3.15. The van der Waals surface area contributed by atoms with Crippen molar-refractivity contribution in [2.45, 2.75) is 32.9 Å². The molecule has 3 aromatic rings. The van der Waals surface area contributed by atoms with E-state index in [1.54, 1.807) is 27.9 Å². The molecule has 0 fully saturated rings. The van der Waals surface area contributed by atoms with E-state index >= 15 is 0 Å². The van der Waals surface area contributed by atoms with E-state index < -0.39 is 17.5 Å². The Morgan fingerprint density at radius 2 is 1.90 bits per heavy atom. The average molecular weight is 415 g/mol. The number of amides is 1. The molecule has 29 heavy (non-hydrogen) atoms. The van der Waals surface area contributed by atoms with Crippen molar-refractivity contribution in [3.8, 4) is 16.3 Å². The minimum absolute atomic E-state index is 0.199. The van der Waals surface area contributed by atoms with E-state index in [2.05, 4.69) is 9.97 Å². The second kappa shape index (κ2) is 8.57. The maximum absolute atomic E-state index is 14.1. The number of hydrogen-bond acceptors (Lipinski definition) is 6. The first-order valence-electron chi connectivity index (χ1n) is 8.97. The molecule has 0 N–H and O–H groups in total. The van der Waals surface area contributed by atoms with Crippen LogP contribution in [-0.2, 0) is 11.3 Å². The molecule has 0 unspecified atom stereocenters. The number of pyridine rings is 1. The van der Waals surface area contributed by atoms with E-state index in [4.69, 9.17) is 9.47 Å². The number of thiazole rings is 1. The summed E-state index contributed by atoms with van der Waals surface area (Å²) in [4.78, 5) is 23.2. The van der Waals surface area contributed by atoms with Gasteiger partial charge in [0.15, 0.2) is 5.13 Å². The van der Waals surface area contributed by atoms with Gasteiger partial charge in [-0.3, -0.25) is 4.98 Å². The Labute approximate surface area is 172 Å². The van der Waals surface area contributed by atoms with E-state index in [0.29, 0.717) is 10.0 Å².